The molecule has 0 spiro atoms. The molecule has 2 N–H and O–H groups in total. The number of amides is 1. The van der Waals surface area contributed by atoms with E-state index in [0.717, 1.165) is 33.4 Å². The van der Waals surface area contributed by atoms with Gasteiger partial charge >= 0.3 is 5.69 Å². The third-order valence-electron chi connectivity index (χ3n) is 12.0. The van der Waals surface area contributed by atoms with E-state index in [1.54, 1.807) is 14.2 Å². The van der Waals surface area contributed by atoms with Crippen LogP contribution in [0.3, 0.4) is 0 Å². The summed E-state index contributed by atoms with van der Waals surface area (Å²) in [4.78, 5) is 63.5. The molecule has 0 radical (unpaired) electrons. The number of hydrogen-bond acceptors (Lipinski definition) is 16. The lowest BCUT2D eigenvalue weighted by atomic mass is 9.79. The number of non-ortho nitro benzene ring substituents is 1. The standard InChI is InChI=1S/C50H52N7O14P/c1-32(2)55(33(3)4)72(69-27-11-25-51)71-44-43-47(54-29-34(45(58)53-48(54)60)12-10-26-52-46(59)41-24-19-38(56(61)62)28-42(41)57(63)64)70-49(44,30-67-43)31-68-50(35-13-8-7-9-14-35,36-15-20-39(65-5)21-16-36)37-17-22-40(66-6)23-18-37/h7-9,13-24,28-29,32-33,43-44,47H,11,26-27,30-31H2,1-6H3,(H,52,59)(H,53,58,60)/t43-,44+,47+,49-,72?/m0/s1. The van der Waals surface area contributed by atoms with Crippen LogP contribution < -0.4 is 26.0 Å². The molecule has 5 atom stereocenters. The molecule has 0 aliphatic carbocycles. The lowest BCUT2D eigenvalue weighted by molar-refractivity contribution is -0.394. The van der Waals surface area contributed by atoms with Crippen molar-refractivity contribution in [3.63, 3.8) is 0 Å². The number of nitriles is 1. The van der Waals surface area contributed by atoms with Crippen LogP contribution >= 0.6 is 8.53 Å². The quantitative estimate of drug-likeness (QED) is 0.0199. The zero-order valence-electron chi connectivity index (χ0n) is 40.1. The molecule has 2 saturated heterocycles. The number of H-pyrrole nitrogens is 1. The number of benzene rings is 4. The minimum absolute atomic E-state index is 0.0584. The predicted octanol–water partition coefficient (Wildman–Crippen LogP) is 6.49. The molecule has 3 heterocycles. The molecule has 2 fully saturated rings. The van der Waals surface area contributed by atoms with E-state index in [-0.39, 0.29) is 43.9 Å². The highest BCUT2D eigenvalue weighted by molar-refractivity contribution is 7.44. The zero-order chi connectivity index (χ0) is 51.7. The van der Waals surface area contributed by atoms with Gasteiger partial charge in [-0.1, -0.05) is 66.4 Å². The summed E-state index contributed by atoms with van der Waals surface area (Å²) in [5, 5.41) is 34.7. The van der Waals surface area contributed by atoms with Crippen LogP contribution in [-0.4, -0.2) is 100 Å². The molecule has 2 aliphatic rings. The maximum absolute atomic E-state index is 13.9. The van der Waals surface area contributed by atoms with Gasteiger partial charge in [0.05, 0.1) is 69.0 Å². The number of fused-ring (bicyclic) bond motifs is 2. The Morgan fingerprint density at radius 1 is 0.944 bits per heavy atom. The molecular weight excluding hydrogens is 954 g/mol. The zero-order valence-corrected chi connectivity index (χ0v) is 41.0. The number of rotatable bonds is 21. The number of carbonyl (C=O) groups excluding carboxylic acids is 1. The fourth-order valence-corrected chi connectivity index (χ4v) is 10.5. The number of methoxy groups -OCH3 is 2. The largest absolute Gasteiger partial charge is 0.497 e. The topological polar surface area (TPSA) is 262 Å². The Hall–Kier alpha value is -7.33. The number of nitro groups is 2. The average molecular weight is 1010 g/mol. The van der Waals surface area contributed by atoms with E-state index < -0.39 is 88.6 Å². The Morgan fingerprint density at radius 3 is 2.14 bits per heavy atom. The molecule has 7 rings (SSSR count). The Bertz CT molecular complexity index is 2930. The number of nitro benzene ring substituents is 2. The van der Waals surface area contributed by atoms with Crippen LogP contribution in [0, 0.1) is 43.4 Å². The third kappa shape index (κ3) is 10.9. The maximum atomic E-state index is 13.9. The normalized spacial score (nSPS) is 18.6. The van der Waals surface area contributed by atoms with Crippen LogP contribution in [0.25, 0.3) is 0 Å². The predicted molar refractivity (Wildman–Crippen MR) is 261 cm³/mol. The van der Waals surface area contributed by atoms with Crippen LogP contribution in [0.1, 0.15) is 73.0 Å². The molecule has 0 saturated carbocycles. The number of aromatic amines is 1. The molecular formula is C50H52N7O14P. The van der Waals surface area contributed by atoms with Crippen molar-refractivity contribution in [2.45, 2.75) is 75.8 Å². The smallest absolute Gasteiger partial charge is 0.330 e. The van der Waals surface area contributed by atoms with E-state index in [4.69, 9.17) is 32.7 Å². The molecule has 1 unspecified atom stereocenters. The number of carbonyl (C=O) groups is 1. The highest BCUT2D eigenvalue weighted by Crippen LogP contribution is 2.56. The minimum Gasteiger partial charge on any atom is -0.497 e. The summed E-state index contributed by atoms with van der Waals surface area (Å²) in [6.45, 7) is 7.34. The van der Waals surface area contributed by atoms with Crippen LogP contribution in [0.2, 0.25) is 0 Å². The minimum atomic E-state index is -1.93. The summed E-state index contributed by atoms with van der Waals surface area (Å²) in [6, 6.07) is 29.1. The molecule has 21 nitrogen and oxygen atoms in total. The fourth-order valence-electron chi connectivity index (χ4n) is 8.67. The first-order valence-corrected chi connectivity index (χ1v) is 23.8. The fraction of sp³-hybridized carbons (Fsp3) is 0.360. The van der Waals surface area contributed by atoms with E-state index >= 15 is 0 Å². The van der Waals surface area contributed by atoms with Gasteiger partial charge in [0.25, 0.3) is 31.4 Å². The van der Waals surface area contributed by atoms with Crippen LogP contribution in [0.5, 0.6) is 11.5 Å². The second kappa shape index (κ2) is 22.8. The molecule has 376 valence electrons. The van der Waals surface area contributed by atoms with Crippen LogP contribution in [0.4, 0.5) is 11.4 Å². The Balaban J connectivity index is 1.29. The van der Waals surface area contributed by atoms with Gasteiger partial charge in [-0.25, -0.2) is 9.46 Å². The van der Waals surface area contributed by atoms with Gasteiger partial charge in [0.2, 0.25) is 0 Å². The van der Waals surface area contributed by atoms with E-state index in [9.17, 15) is 39.9 Å². The van der Waals surface area contributed by atoms with Gasteiger partial charge in [-0.15, -0.1) is 0 Å². The second-order valence-corrected chi connectivity index (χ2v) is 18.5. The molecule has 2 aliphatic heterocycles. The molecule has 2 bridgehead atoms. The molecule has 5 aromatic rings. The maximum Gasteiger partial charge on any atom is 0.330 e. The monoisotopic (exact) mass is 1010 g/mol. The number of hydrogen-bond donors (Lipinski definition) is 2. The molecule has 72 heavy (non-hydrogen) atoms. The van der Waals surface area contributed by atoms with Gasteiger partial charge in [-0.05, 0) is 74.7 Å². The lowest BCUT2D eigenvalue weighted by Crippen LogP contribution is -2.49. The highest BCUT2D eigenvalue weighted by atomic mass is 31.2. The summed E-state index contributed by atoms with van der Waals surface area (Å²) in [6.07, 6.45) is -1.99. The van der Waals surface area contributed by atoms with Crippen molar-refractivity contribution in [3.05, 3.63) is 172 Å². The van der Waals surface area contributed by atoms with Gasteiger partial charge in [-0.2, -0.15) is 5.26 Å². The summed E-state index contributed by atoms with van der Waals surface area (Å²) < 4.78 is 48.6. The van der Waals surface area contributed by atoms with E-state index in [0.29, 0.717) is 17.6 Å². The van der Waals surface area contributed by atoms with Gasteiger partial charge in [-0.3, -0.25) is 39.4 Å². The average Bonchev–Trinajstić information content (AvgIpc) is 3.86. The number of nitrogens with zero attached hydrogens (tertiary/aromatic N) is 5. The molecule has 4 aromatic carbocycles. The van der Waals surface area contributed by atoms with E-state index in [2.05, 4.69) is 32.9 Å². The van der Waals surface area contributed by atoms with Crippen molar-refractivity contribution >= 4 is 25.8 Å². The second-order valence-electron chi connectivity index (χ2n) is 17.1. The van der Waals surface area contributed by atoms with Gasteiger partial charge in [0.15, 0.2) is 6.23 Å². The lowest BCUT2D eigenvalue weighted by Gasteiger charge is -2.41. The number of ether oxygens (including phenoxy) is 5. The summed E-state index contributed by atoms with van der Waals surface area (Å²) in [7, 11) is 1.22. The summed E-state index contributed by atoms with van der Waals surface area (Å²) >= 11 is 0. The van der Waals surface area contributed by atoms with Gasteiger partial charge < -0.3 is 38.0 Å². The van der Waals surface area contributed by atoms with Crippen molar-refractivity contribution in [1.82, 2.24) is 19.5 Å². The Kier molecular flexibility index (Phi) is 16.6. The molecule has 1 aromatic heterocycles. The first-order chi connectivity index (χ1) is 34.6. The molecule has 1 amide bonds. The first kappa shape index (κ1) is 52.5. The summed E-state index contributed by atoms with van der Waals surface area (Å²) in [5.74, 6) is 5.56. The Labute approximate surface area is 414 Å². The van der Waals surface area contributed by atoms with Crippen molar-refractivity contribution in [3.8, 4) is 29.4 Å². The van der Waals surface area contributed by atoms with Crippen molar-refractivity contribution < 1.29 is 47.4 Å². The third-order valence-corrected chi connectivity index (χ3v) is 14.1. The van der Waals surface area contributed by atoms with Crippen molar-refractivity contribution in [2.24, 2.45) is 0 Å². The van der Waals surface area contributed by atoms with E-state index in [1.165, 1.54) is 6.20 Å². The number of nitrogens with one attached hydrogen (secondary N) is 2. The SMILES string of the molecule is COc1ccc(C(OC[C@]23CO[C@H]([C@H](n4cc(C#CCNC(=O)c5ccc([N+](=O)[O-])cc5[N+](=O)[O-])c(=O)[nH]c4=O)O2)[C@H]3OP(OCCC#N)N(C(C)C)C(C)C)(c2ccccc2)c2ccc(OC)cc2)cc1. The highest BCUT2D eigenvalue weighted by Gasteiger charge is 2.65. The van der Waals surface area contributed by atoms with Crippen LogP contribution in [0.15, 0.2) is 113 Å². The van der Waals surface area contributed by atoms with E-state index in [1.807, 2.05) is 107 Å². The number of aromatic nitrogens is 2. The first-order valence-electron chi connectivity index (χ1n) is 22.7. The van der Waals surface area contributed by atoms with Gasteiger partial charge in [0.1, 0.15) is 46.0 Å². The Morgan fingerprint density at radius 2 is 1.57 bits per heavy atom. The van der Waals surface area contributed by atoms with Crippen molar-refractivity contribution in [2.75, 3.05) is 40.6 Å². The summed E-state index contributed by atoms with van der Waals surface area (Å²) in [5.41, 5.74) is -4.33. The molecule has 22 heteroatoms. The van der Waals surface area contributed by atoms with Gasteiger partial charge in [0, 0.05) is 24.3 Å². The van der Waals surface area contributed by atoms with Crippen LogP contribution in [-0.2, 0) is 28.9 Å². The van der Waals surface area contributed by atoms with Crippen molar-refractivity contribution in [1.29, 1.82) is 5.26 Å².